The van der Waals surface area contributed by atoms with E-state index in [4.69, 9.17) is 0 Å². The SMILES string of the molecule is CCC(CC)N[C@@H]1CCCC[C@H]1NC(CC)CC. The van der Waals surface area contributed by atoms with Gasteiger partial charge in [-0.05, 0) is 38.5 Å². The summed E-state index contributed by atoms with van der Waals surface area (Å²) in [7, 11) is 0. The second-order valence-corrected chi connectivity index (χ2v) is 5.86. The fourth-order valence-corrected chi connectivity index (χ4v) is 3.18. The van der Waals surface area contributed by atoms with Gasteiger partial charge in [-0.3, -0.25) is 0 Å². The van der Waals surface area contributed by atoms with Crippen molar-refractivity contribution >= 4 is 0 Å². The van der Waals surface area contributed by atoms with Gasteiger partial charge in [-0.25, -0.2) is 0 Å². The number of rotatable bonds is 8. The highest BCUT2D eigenvalue weighted by molar-refractivity contribution is 4.89. The Morgan fingerprint density at radius 1 is 0.722 bits per heavy atom. The molecule has 1 fully saturated rings. The third-order valence-corrected chi connectivity index (χ3v) is 4.64. The van der Waals surface area contributed by atoms with E-state index in [1.54, 1.807) is 0 Å². The Morgan fingerprint density at radius 3 is 1.33 bits per heavy atom. The maximum Gasteiger partial charge on any atom is 0.0223 e. The normalized spacial score (nSPS) is 25.0. The standard InChI is InChI=1S/C16H34N2/c1-5-13(6-2)17-15-11-9-10-12-16(15)18-14(7-3)8-4/h13-18H,5-12H2,1-4H3/t15-,16-/m1/s1. The summed E-state index contributed by atoms with van der Waals surface area (Å²) >= 11 is 0. The highest BCUT2D eigenvalue weighted by Gasteiger charge is 2.27. The van der Waals surface area contributed by atoms with Gasteiger partial charge in [0.1, 0.15) is 0 Å². The Kier molecular flexibility index (Phi) is 7.92. The van der Waals surface area contributed by atoms with Crippen LogP contribution in [-0.4, -0.2) is 24.2 Å². The van der Waals surface area contributed by atoms with Crippen LogP contribution in [0.15, 0.2) is 0 Å². The van der Waals surface area contributed by atoms with Crippen molar-refractivity contribution in [1.82, 2.24) is 10.6 Å². The second kappa shape index (κ2) is 8.92. The van der Waals surface area contributed by atoms with Crippen LogP contribution in [0.1, 0.15) is 79.1 Å². The summed E-state index contributed by atoms with van der Waals surface area (Å²) in [6.45, 7) is 9.20. The zero-order valence-electron chi connectivity index (χ0n) is 13.0. The molecule has 1 rings (SSSR count). The summed E-state index contributed by atoms with van der Waals surface area (Å²) < 4.78 is 0. The third-order valence-electron chi connectivity index (χ3n) is 4.64. The lowest BCUT2D eigenvalue weighted by Crippen LogP contribution is -2.54. The van der Waals surface area contributed by atoms with Gasteiger partial charge in [0.2, 0.25) is 0 Å². The zero-order valence-corrected chi connectivity index (χ0v) is 13.0. The lowest BCUT2D eigenvalue weighted by molar-refractivity contribution is 0.237. The molecule has 0 aromatic rings. The van der Waals surface area contributed by atoms with Gasteiger partial charge in [0, 0.05) is 24.2 Å². The molecule has 0 aromatic carbocycles. The van der Waals surface area contributed by atoms with Crippen LogP contribution in [0.2, 0.25) is 0 Å². The van der Waals surface area contributed by atoms with Crippen molar-refractivity contribution in [3.63, 3.8) is 0 Å². The average molecular weight is 254 g/mol. The van der Waals surface area contributed by atoms with E-state index in [-0.39, 0.29) is 0 Å². The average Bonchev–Trinajstić information content (AvgIpc) is 2.43. The van der Waals surface area contributed by atoms with Crippen LogP contribution in [0.5, 0.6) is 0 Å². The van der Waals surface area contributed by atoms with E-state index in [9.17, 15) is 0 Å². The first-order valence-corrected chi connectivity index (χ1v) is 8.27. The number of nitrogens with one attached hydrogen (secondary N) is 2. The fraction of sp³-hybridized carbons (Fsp3) is 1.00. The summed E-state index contributed by atoms with van der Waals surface area (Å²) in [6.07, 6.45) is 10.5. The Bertz CT molecular complexity index is 175. The van der Waals surface area contributed by atoms with Gasteiger partial charge in [0.15, 0.2) is 0 Å². The largest absolute Gasteiger partial charge is 0.310 e. The van der Waals surface area contributed by atoms with E-state index in [0.717, 1.165) is 0 Å². The lowest BCUT2D eigenvalue weighted by atomic mass is 9.88. The molecule has 0 saturated heterocycles. The van der Waals surface area contributed by atoms with Crippen LogP contribution in [0.3, 0.4) is 0 Å². The minimum Gasteiger partial charge on any atom is -0.310 e. The molecule has 0 amide bonds. The maximum absolute atomic E-state index is 3.90. The van der Waals surface area contributed by atoms with E-state index in [1.807, 2.05) is 0 Å². The molecule has 1 aliphatic rings. The van der Waals surface area contributed by atoms with E-state index in [2.05, 4.69) is 38.3 Å². The van der Waals surface area contributed by atoms with Crippen LogP contribution >= 0.6 is 0 Å². The van der Waals surface area contributed by atoms with Crippen molar-refractivity contribution in [2.45, 2.75) is 103 Å². The number of hydrogen-bond acceptors (Lipinski definition) is 2. The molecular formula is C16H34N2. The second-order valence-electron chi connectivity index (χ2n) is 5.86. The van der Waals surface area contributed by atoms with Crippen molar-refractivity contribution in [3.05, 3.63) is 0 Å². The van der Waals surface area contributed by atoms with Crippen LogP contribution in [0.25, 0.3) is 0 Å². The summed E-state index contributed by atoms with van der Waals surface area (Å²) in [4.78, 5) is 0. The first-order valence-electron chi connectivity index (χ1n) is 8.27. The van der Waals surface area contributed by atoms with Crippen molar-refractivity contribution in [1.29, 1.82) is 0 Å². The molecule has 2 N–H and O–H groups in total. The third kappa shape index (κ3) is 4.89. The van der Waals surface area contributed by atoms with Crippen LogP contribution < -0.4 is 10.6 Å². The summed E-state index contributed by atoms with van der Waals surface area (Å²) in [5.41, 5.74) is 0. The van der Waals surface area contributed by atoms with Gasteiger partial charge < -0.3 is 10.6 Å². The summed E-state index contributed by atoms with van der Waals surface area (Å²) in [6, 6.07) is 2.81. The van der Waals surface area contributed by atoms with Crippen LogP contribution in [-0.2, 0) is 0 Å². The first-order chi connectivity index (χ1) is 8.74. The van der Waals surface area contributed by atoms with Gasteiger partial charge in [0.25, 0.3) is 0 Å². The van der Waals surface area contributed by atoms with Gasteiger partial charge in [-0.1, -0.05) is 40.5 Å². The maximum atomic E-state index is 3.90. The molecule has 0 heterocycles. The van der Waals surface area contributed by atoms with Crippen molar-refractivity contribution in [3.8, 4) is 0 Å². The molecular weight excluding hydrogens is 220 g/mol. The van der Waals surface area contributed by atoms with E-state index in [0.29, 0.717) is 24.2 Å². The van der Waals surface area contributed by atoms with Crippen molar-refractivity contribution < 1.29 is 0 Å². The van der Waals surface area contributed by atoms with E-state index < -0.39 is 0 Å². The lowest BCUT2D eigenvalue weighted by Gasteiger charge is -2.37. The molecule has 0 bridgehead atoms. The number of hydrogen-bond donors (Lipinski definition) is 2. The molecule has 0 aliphatic heterocycles. The Balaban J connectivity index is 2.50. The molecule has 2 atom stereocenters. The Hall–Kier alpha value is -0.0800. The van der Waals surface area contributed by atoms with E-state index in [1.165, 1.54) is 51.4 Å². The summed E-state index contributed by atoms with van der Waals surface area (Å²) in [5.74, 6) is 0. The molecule has 1 saturated carbocycles. The van der Waals surface area contributed by atoms with Gasteiger partial charge in [-0.2, -0.15) is 0 Å². The predicted octanol–water partition coefficient (Wildman–Crippen LogP) is 3.85. The monoisotopic (exact) mass is 254 g/mol. The Labute approximate surface area is 114 Å². The highest BCUT2D eigenvalue weighted by atomic mass is 15.1. The minimum absolute atomic E-state index is 0.698. The summed E-state index contributed by atoms with van der Waals surface area (Å²) in [5, 5.41) is 7.79. The molecule has 2 heteroatoms. The quantitative estimate of drug-likeness (QED) is 0.687. The molecule has 0 spiro atoms. The molecule has 2 nitrogen and oxygen atoms in total. The smallest absolute Gasteiger partial charge is 0.0223 e. The van der Waals surface area contributed by atoms with Gasteiger partial charge >= 0.3 is 0 Å². The van der Waals surface area contributed by atoms with E-state index >= 15 is 0 Å². The minimum atomic E-state index is 0.698. The van der Waals surface area contributed by atoms with Crippen molar-refractivity contribution in [2.75, 3.05) is 0 Å². The highest BCUT2D eigenvalue weighted by Crippen LogP contribution is 2.21. The molecule has 18 heavy (non-hydrogen) atoms. The molecule has 1 aliphatic carbocycles. The molecule has 0 aromatic heterocycles. The molecule has 108 valence electrons. The topological polar surface area (TPSA) is 24.1 Å². The molecule has 0 radical (unpaired) electrons. The van der Waals surface area contributed by atoms with Crippen molar-refractivity contribution in [2.24, 2.45) is 0 Å². The van der Waals surface area contributed by atoms with Crippen LogP contribution in [0, 0.1) is 0 Å². The zero-order chi connectivity index (χ0) is 13.4. The fourth-order valence-electron chi connectivity index (χ4n) is 3.18. The first kappa shape index (κ1) is 16.0. The van der Waals surface area contributed by atoms with Gasteiger partial charge in [0.05, 0.1) is 0 Å². The predicted molar refractivity (Wildman–Crippen MR) is 81.1 cm³/mol. The molecule has 0 unspecified atom stereocenters. The Morgan fingerprint density at radius 2 is 1.06 bits per heavy atom. The van der Waals surface area contributed by atoms with Crippen LogP contribution in [0.4, 0.5) is 0 Å². The van der Waals surface area contributed by atoms with Gasteiger partial charge in [-0.15, -0.1) is 0 Å².